The molecule has 3 rings (SSSR count). The Bertz CT molecular complexity index is 596. The van der Waals surface area contributed by atoms with E-state index in [1.54, 1.807) is 17.4 Å². The van der Waals surface area contributed by atoms with Crippen LogP contribution in [-0.2, 0) is 6.42 Å². The SMILES string of the molecule is CCc1ccc(C2C[C@H](N)c3cc(F)ccc3O2)s1. The number of aryl methyl sites for hydroxylation is 1. The fourth-order valence-corrected chi connectivity index (χ4v) is 3.40. The van der Waals surface area contributed by atoms with Crippen molar-refractivity contribution in [3.8, 4) is 5.75 Å². The summed E-state index contributed by atoms with van der Waals surface area (Å²) in [4.78, 5) is 2.54. The van der Waals surface area contributed by atoms with Gasteiger partial charge in [0.15, 0.2) is 0 Å². The molecular formula is C15H16FNOS. The second-order valence-electron chi connectivity index (χ2n) is 4.79. The van der Waals surface area contributed by atoms with Crippen molar-refractivity contribution in [1.82, 2.24) is 0 Å². The molecule has 100 valence electrons. The fraction of sp³-hybridized carbons (Fsp3) is 0.333. The van der Waals surface area contributed by atoms with Gasteiger partial charge in [0, 0.05) is 27.8 Å². The van der Waals surface area contributed by atoms with Crippen molar-refractivity contribution >= 4 is 11.3 Å². The fourth-order valence-electron chi connectivity index (χ4n) is 2.41. The molecule has 2 heterocycles. The molecule has 0 amide bonds. The van der Waals surface area contributed by atoms with Gasteiger partial charge in [-0.05, 0) is 36.8 Å². The molecule has 0 radical (unpaired) electrons. The van der Waals surface area contributed by atoms with E-state index in [-0.39, 0.29) is 18.0 Å². The first-order valence-corrected chi connectivity index (χ1v) is 7.29. The van der Waals surface area contributed by atoms with Crippen molar-refractivity contribution in [2.75, 3.05) is 0 Å². The van der Waals surface area contributed by atoms with Gasteiger partial charge in [0.05, 0.1) is 0 Å². The molecule has 0 spiro atoms. The number of thiophene rings is 1. The number of fused-ring (bicyclic) bond motifs is 1. The van der Waals surface area contributed by atoms with Crippen LogP contribution in [-0.4, -0.2) is 0 Å². The molecule has 1 unspecified atom stereocenters. The van der Waals surface area contributed by atoms with Crippen molar-refractivity contribution in [3.63, 3.8) is 0 Å². The molecular weight excluding hydrogens is 261 g/mol. The first-order chi connectivity index (χ1) is 9.17. The third-order valence-electron chi connectivity index (χ3n) is 3.46. The number of nitrogens with two attached hydrogens (primary N) is 1. The van der Waals surface area contributed by atoms with Gasteiger partial charge in [-0.25, -0.2) is 4.39 Å². The van der Waals surface area contributed by atoms with Crippen molar-refractivity contribution in [2.45, 2.75) is 31.9 Å². The molecule has 0 fully saturated rings. The Kier molecular flexibility index (Phi) is 3.29. The van der Waals surface area contributed by atoms with E-state index in [0.29, 0.717) is 12.2 Å². The molecule has 4 heteroatoms. The van der Waals surface area contributed by atoms with Crippen molar-refractivity contribution in [1.29, 1.82) is 0 Å². The van der Waals surface area contributed by atoms with Crippen molar-refractivity contribution in [3.05, 3.63) is 51.5 Å². The summed E-state index contributed by atoms with van der Waals surface area (Å²) in [6, 6.07) is 8.63. The van der Waals surface area contributed by atoms with Crippen LogP contribution in [0.5, 0.6) is 5.75 Å². The lowest BCUT2D eigenvalue weighted by molar-refractivity contribution is 0.164. The second-order valence-corrected chi connectivity index (χ2v) is 5.99. The maximum absolute atomic E-state index is 13.2. The molecule has 0 aliphatic carbocycles. The summed E-state index contributed by atoms with van der Waals surface area (Å²) in [5.74, 6) is 0.442. The number of hydrogen-bond donors (Lipinski definition) is 1. The minimum absolute atomic E-state index is 0.0155. The lowest BCUT2D eigenvalue weighted by atomic mass is 9.96. The normalized spacial score (nSPS) is 21.8. The van der Waals surface area contributed by atoms with Gasteiger partial charge in [0.1, 0.15) is 17.7 Å². The number of benzene rings is 1. The first kappa shape index (κ1) is 12.6. The molecule has 1 aliphatic heterocycles. The molecule has 0 bridgehead atoms. The zero-order chi connectivity index (χ0) is 13.4. The third kappa shape index (κ3) is 2.38. The van der Waals surface area contributed by atoms with Gasteiger partial charge in [0.2, 0.25) is 0 Å². The molecule has 2 N–H and O–H groups in total. The van der Waals surface area contributed by atoms with Crippen molar-refractivity contribution < 1.29 is 9.13 Å². The number of ether oxygens (including phenoxy) is 1. The van der Waals surface area contributed by atoms with Crippen LogP contribution in [0.3, 0.4) is 0 Å². The average molecular weight is 277 g/mol. The second kappa shape index (κ2) is 4.94. The van der Waals surface area contributed by atoms with Gasteiger partial charge in [-0.15, -0.1) is 11.3 Å². The van der Waals surface area contributed by atoms with Crippen LogP contribution in [0.2, 0.25) is 0 Å². The molecule has 2 atom stereocenters. The lowest BCUT2D eigenvalue weighted by Gasteiger charge is -2.29. The van der Waals surface area contributed by atoms with E-state index >= 15 is 0 Å². The summed E-state index contributed by atoms with van der Waals surface area (Å²) in [6.45, 7) is 2.14. The third-order valence-corrected chi connectivity index (χ3v) is 4.78. The topological polar surface area (TPSA) is 35.2 Å². The minimum Gasteiger partial charge on any atom is -0.484 e. The molecule has 0 saturated carbocycles. The minimum atomic E-state index is -0.263. The highest BCUT2D eigenvalue weighted by Crippen LogP contribution is 2.41. The molecule has 19 heavy (non-hydrogen) atoms. The zero-order valence-electron chi connectivity index (χ0n) is 10.7. The predicted molar refractivity (Wildman–Crippen MR) is 75.0 cm³/mol. The Labute approximate surface area is 116 Å². The molecule has 1 aromatic carbocycles. The maximum atomic E-state index is 13.2. The summed E-state index contributed by atoms with van der Waals surface area (Å²) in [5, 5.41) is 0. The van der Waals surface area contributed by atoms with E-state index < -0.39 is 0 Å². The van der Waals surface area contributed by atoms with Gasteiger partial charge in [-0.2, -0.15) is 0 Å². The van der Waals surface area contributed by atoms with Gasteiger partial charge in [-0.1, -0.05) is 6.92 Å². The Balaban J connectivity index is 1.90. The zero-order valence-corrected chi connectivity index (χ0v) is 11.5. The number of halogens is 1. The van der Waals surface area contributed by atoms with Gasteiger partial charge >= 0.3 is 0 Å². The summed E-state index contributed by atoms with van der Waals surface area (Å²) >= 11 is 1.76. The monoisotopic (exact) mass is 277 g/mol. The van der Waals surface area contributed by atoms with Gasteiger partial charge < -0.3 is 10.5 Å². The van der Waals surface area contributed by atoms with E-state index in [4.69, 9.17) is 10.5 Å². The Morgan fingerprint density at radius 1 is 1.37 bits per heavy atom. The highest BCUT2D eigenvalue weighted by molar-refractivity contribution is 7.12. The summed E-state index contributed by atoms with van der Waals surface area (Å²) in [7, 11) is 0. The number of hydrogen-bond acceptors (Lipinski definition) is 3. The Hall–Kier alpha value is -1.39. The van der Waals surface area contributed by atoms with Gasteiger partial charge in [-0.3, -0.25) is 0 Å². The van der Waals surface area contributed by atoms with E-state index in [9.17, 15) is 4.39 Å². The van der Waals surface area contributed by atoms with Crippen LogP contribution >= 0.6 is 11.3 Å². The predicted octanol–water partition coefficient (Wildman–Crippen LogP) is 3.97. The summed E-state index contributed by atoms with van der Waals surface area (Å²) in [6.07, 6.45) is 1.71. The Morgan fingerprint density at radius 3 is 2.95 bits per heavy atom. The molecule has 0 saturated heterocycles. The van der Waals surface area contributed by atoms with E-state index in [0.717, 1.165) is 12.0 Å². The molecule has 1 aromatic heterocycles. The first-order valence-electron chi connectivity index (χ1n) is 6.47. The van der Waals surface area contributed by atoms with E-state index in [2.05, 4.69) is 19.1 Å². The summed E-state index contributed by atoms with van der Waals surface area (Å²) in [5.41, 5.74) is 6.91. The lowest BCUT2D eigenvalue weighted by Crippen LogP contribution is -2.23. The van der Waals surface area contributed by atoms with Crippen LogP contribution < -0.4 is 10.5 Å². The number of rotatable bonds is 2. The molecule has 2 nitrogen and oxygen atoms in total. The highest BCUT2D eigenvalue weighted by atomic mass is 32.1. The molecule has 1 aliphatic rings. The van der Waals surface area contributed by atoms with Crippen molar-refractivity contribution in [2.24, 2.45) is 5.73 Å². The molecule has 2 aromatic rings. The summed E-state index contributed by atoms with van der Waals surface area (Å²) < 4.78 is 19.2. The van der Waals surface area contributed by atoms with Crippen LogP contribution in [0.1, 0.15) is 40.8 Å². The van der Waals surface area contributed by atoms with E-state index in [1.165, 1.54) is 21.9 Å². The maximum Gasteiger partial charge on any atom is 0.135 e. The Morgan fingerprint density at radius 2 is 2.21 bits per heavy atom. The van der Waals surface area contributed by atoms with Crippen LogP contribution in [0.4, 0.5) is 4.39 Å². The van der Waals surface area contributed by atoms with E-state index in [1.807, 2.05) is 0 Å². The van der Waals surface area contributed by atoms with Crippen LogP contribution in [0.25, 0.3) is 0 Å². The smallest absolute Gasteiger partial charge is 0.135 e. The van der Waals surface area contributed by atoms with Crippen LogP contribution in [0.15, 0.2) is 30.3 Å². The van der Waals surface area contributed by atoms with Crippen LogP contribution in [0, 0.1) is 5.82 Å². The average Bonchev–Trinajstić information content (AvgIpc) is 2.88. The highest BCUT2D eigenvalue weighted by Gasteiger charge is 2.28. The van der Waals surface area contributed by atoms with Gasteiger partial charge in [0.25, 0.3) is 0 Å². The standard InChI is InChI=1S/C15H16FNOS/c1-2-10-4-6-15(19-10)14-8-12(17)11-7-9(16)3-5-13(11)18-14/h3-7,12,14H,2,8,17H2,1H3/t12-,14?/m0/s1. The quantitative estimate of drug-likeness (QED) is 0.901. The largest absolute Gasteiger partial charge is 0.484 e.